The van der Waals surface area contributed by atoms with Crippen molar-refractivity contribution in [1.29, 1.82) is 0 Å². The van der Waals surface area contributed by atoms with E-state index in [4.69, 9.17) is 10.5 Å². The summed E-state index contributed by atoms with van der Waals surface area (Å²) in [7, 11) is 1.65. The molecule has 0 saturated heterocycles. The molecule has 0 amide bonds. The van der Waals surface area contributed by atoms with E-state index in [1.807, 2.05) is 31.2 Å². The van der Waals surface area contributed by atoms with Gasteiger partial charge in [-0.1, -0.05) is 6.07 Å². The van der Waals surface area contributed by atoms with Gasteiger partial charge in [-0.15, -0.1) is 0 Å². The average Bonchev–Trinajstić information content (AvgIpc) is 2.37. The van der Waals surface area contributed by atoms with Crippen molar-refractivity contribution in [2.24, 2.45) is 5.73 Å². The summed E-state index contributed by atoms with van der Waals surface area (Å²) in [6.07, 6.45) is 1.75. The van der Waals surface area contributed by atoms with Crippen molar-refractivity contribution in [3.05, 3.63) is 56.2 Å². The summed E-state index contributed by atoms with van der Waals surface area (Å²) in [5, 5.41) is 0. The normalized spacial score (nSPS) is 12.3. The minimum Gasteiger partial charge on any atom is -0.497 e. The van der Waals surface area contributed by atoms with Gasteiger partial charge >= 0.3 is 0 Å². The van der Waals surface area contributed by atoms with E-state index in [0.29, 0.717) is 0 Å². The van der Waals surface area contributed by atoms with Gasteiger partial charge in [0.05, 0.1) is 18.8 Å². The van der Waals surface area contributed by atoms with Crippen molar-refractivity contribution < 1.29 is 4.74 Å². The van der Waals surface area contributed by atoms with Crippen LogP contribution in [0.2, 0.25) is 0 Å². The van der Waals surface area contributed by atoms with Gasteiger partial charge in [-0.05, 0) is 68.1 Å². The second-order valence-corrected chi connectivity index (χ2v) is 5.99. The minimum atomic E-state index is -0.270. The van der Waals surface area contributed by atoms with Crippen LogP contribution in [0.4, 0.5) is 0 Å². The van der Waals surface area contributed by atoms with Gasteiger partial charge < -0.3 is 10.5 Å². The summed E-state index contributed by atoms with van der Waals surface area (Å²) < 4.78 is 7.01. The zero-order chi connectivity index (χ0) is 14.0. The summed E-state index contributed by atoms with van der Waals surface area (Å²) in [5.74, 6) is 0.830. The van der Waals surface area contributed by atoms with Crippen molar-refractivity contribution in [2.75, 3.05) is 7.11 Å². The largest absolute Gasteiger partial charge is 0.497 e. The third-order valence-electron chi connectivity index (χ3n) is 2.94. The van der Waals surface area contributed by atoms with Crippen molar-refractivity contribution in [3.8, 4) is 5.75 Å². The molecule has 0 aliphatic carbocycles. The smallest absolute Gasteiger partial charge is 0.119 e. The molecule has 1 heterocycles. The highest BCUT2D eigenvalue weighted by Crippen LogP contribution is 2.30. The molecule has 0 spiro atoms. The number of hydrogen-bond donors (Lipinski definition) is 1. The fraction of sp³-hybridized carbons (Fsp3) is 0.214. The number of nitrogens with zero attached hydrogens (tertiary/aromatic N) is 1. The van der Waals surface area contributed by atoms with Crippen molar-refractivity contribution in [1.82, 2.24) is 4.98 Å². The topological polar surface area (TPSA) is 48.1 Å². The van der Waals surface area contributed by atoms with E-state index in [-0.39, 0.29) is 6.04 Å². The molecule has 0 radical (unpaired) electrons. The van der Waals surface area contributed by atoms with E-state index in [0.717, 1.165) is 31.5 Å². The highest BCUT2D eigenvalue weighted by atomic mass is 79.9. The Morgan fingerprint density at radius 3 is 2.58 bits per heavy atom. The molecular formula is C14H14Br2N2O. The van der Waals surface area contributed by atoms with Crippen LogP contribution in [0.5, 0.6) is 5.75 Å². The Bertz CT molecular complexity index is 602. The zero-order valence-electron chi connectivity index (χ0n) is 10.7. The van der Waals surface area contributed by atoms with Gasteiger partial charge in [0.1, 0.15) is 5.75 Å². The first kappa shape index (κ1) is 14.5. The number of benzene rings is 1. The summed E-state index contributed by atoms with van der Waals surface area (Å²) in [4.78, 5) is 4.39. The molecular weight excluding hydrogens is 372 g/mol. The van der Waals surface area contributed by atoms with Crippen LogP contribution in [-0.2, 0) is 0 Å². The van der Waals surface area contributed by atoms with Gasteiger partial charge in [0.15, 0.2) is 0 Å². The van der Waals surface area contributed by atoms with Crippen molar-refractivity contribution in [2.45, 2.75) is 13.0 Å². The minimum absolute atomic E-state index is 0.270. The number of aryl methyl sites for hydroxylation is 1. The van der Waals surface area contributed by atoms with Crippen LogP contribution in [-0.4, -0.2) is 12.1 Å². The van der Waals surface area contributed by atoms with Crippen LogP contribution in [0.25, 0.3) is 0 Å². The molecule has 19 heavy (non-hydrogen) atoms. The number of rotatable bonds is 3. The first-order valence-corrected chi connectivity index (χ1v) is 7.32. The Kier molecular flexibility index (Phi) is 4.60. The van der Waals surface area contributed by atoms with E-state index in [1.165, 1.54) is 0 Å². The molecule has 0 fully saturated rings. The molecule has 1 aromatic carbocycles. The lowest BCUT2D eigenvalue weighted by atomic mass is 9.99. The Hall–Kier alpha value is -0.910. The molecule has 3 nitrogen and oxygen atoms in total. The lowest BCUT2D eigenvalue weighted by Crippen LogP contribution is -2.15. The molecule has 0 aliphatic heterocycles. The molecule has 1 unspecified atom stereocenters. The molecule has 2 rings (SSSR count). The number of pyridine rings is 1. The summed E-state index contributed by atoms with van der Waals surface area (Å²) >= 11 is 6.89. The molecule has 0 bridgehead atoms. The highest BCUT2D eigenvalue weighted by molar-refractivity contribution is 9.11. The average molecular weight is 386 g/mol. The number of nitrogens with two attached hydrogens (primary N) is 1. The van der Waals surface area contributed by atoms with Crippen molar-refractivity contribution >= 4 is 31.9 Å². The number of aromatic nitrogens is 1. The molecule has 5 heteroatoms. The second-order valence-electron chi connectivity index (χ2n) is 4.22. The van der Waals surface area contributed by atoms with E-state index < -0.39 is 0 Å². The lowest BCUT2D eigenvalue weighted by molar-refractivity contribution is 0.414. The Labute approximate surface area is 129 Å². The molecule has 100 valence electrons. The summed E-state index contributed by atoms with van der Waals surface area (Å²) in [5.41, 5.74) is 9.25. The highest BCUT2D eigenvalue weighted by Gasteiger charge is 2.16. The standard InChI is InChI=1S/C14H14Br2N2O/c1-8-5-10(19-2)3-4-11(8)13(17)14-12(16)6-9(15)7-18-14/h3-7,13H,17H2,1-2H3. The first-order valence-electron chi connectivity index (χ1n) is 5.74. The van der Waals surface area contributed by atoms with Gasteiger partial charge in [-0.3, -0.25) is 4.98 Å². The number of ether oxygens (including phenoxy) is 1. The SMILES string of the molecule is COc1ccc(C(N)c2ncc(Br)cc2Br)c(C)c1. The predicted molar refractivity (Wildman–Crippen MR) is 83.4 cm³/mol. The van der Waals surface area contributed by atoms with Gasteiger partial charge in [-0.2, -0.15) is 0 Å². The van der Waals surface area contributed by atoms with Gasteiger partial charge in [0.25, 0.3) is 0 Å². The maximum atomic E-state index is 6.31. The monoisotopic (exact) mass is 384 g/mol. The van der Waals surface area contributed by atoms with E-state index in [1.54, 1.807) is 13.3 Å². The van der Waals surface area contributed by atoms with Crippen LogP contribution in [0.15, 0.2) is 39.4 Å². The van der Waals surface area contributed by atoms with E-state index in [9.17, 15) is 0 Å². The molecule has 1 aromatic heterocycles. The summed E-state index contributed by atoms with van der Waals surface area (Å²) in [6, 6.07) is 7.54. The fourth-order valence-electron chi connectivity index (χ4n) is 1.93. The molecule has 1 atom stereocenters. The maximum Gasteiger partial charge on any atom is 0.119 e. The van der Waals surface area contributed by atoms with Crippen molar-refractivity contribution in [3.63, 3.8) is 0 Å². The number of halogens is 2. The van der Waals surface area contributed by atoms with Crippen LogP contribution in [0, 0.1) is 6.92 Å². The third-order valence-corrected chi connectivity index (χ3v) is 4.01. The maximum absolute atomic E-state index is 6.31. The van der Waals surface area contributed by atoms with Crippen LogP contribution in [0.3, 0.4) is 0 Å². The summed E-state index contributed by atoms with van der Waals surface area (Å²) in [6.45, 7) is 2.02. The lowest BCUT2D eigenvalue weighted by Gasteiger charge is -2.16. The van der Waals surface area contributed by atoms with Gasteiger partial charge in [0, 0.05) is 15.1 Å². The fourth-order valence-corrected chi connectivity index (χ4v) is 3.16. The van der Waals surface area contributed by atoms with E-state index >= 15 is 0 Å². The molecule has 2 aromatic rings. The Morgan fingerprint density at radius 1 is 1.26 bits per heavy atom. The Balaban J connectivity index is 2.41. The van der Waals surface area contributed by atoms with Crippen LogP contribution < -0.4 is 10.5 Å². The quantitative estimate of drug-likeness (QED) is 0.869. The van der Waals surface area contributed by atoms with Gasteiger partial charge in [0.2, 0.25) is 0 Å². The second kappa shape index (κ2) is 6.03. The Morgan fingerprint density at radius 2 is 2.00 bits per heavy atom. The number of methoxy groups -OCH3 is 1. The third kappa shape index (κ3) is 3.16. The molecule has 2 N–H and O–H groups in total. The van der Waals surface area contributed by atoms with Gasteiger partial charge in [-0.25, -0.2) is 0 Å². The van der Waals surface area contributed by atoms with Crippen LogP contribution >= 0.6 is 31.9 Å². The predicted octanol–water partition coefficient (Wildman–Crippen LogP) is 3.97. The van der Waals surface area contributed by atoms with E-state index in [2.05, 4.69) is 36.8 Å². The molecule has 0 saturated carbocycles. The van der Waals surface area contributed by atoms with Crippen LogP contribution in [0.1, 0.15) is 22.9 Å². The molecule has 0 aliphatic rings. The first-order chi connectivity index (χ1) is 9.02. The number of hydrogen-bond acceptors (Lipinski definition) is 3. The zero-order valence-corrected chi connectivity index (χ0v) is 13.8.